The van der Waals surface area contributed by atoms with E-state index >= 15 is 0 Å². The summed E-state index contributed by atoms with van der Waals surface area (Å²) in [5.74, 6) is -1.19. The third kappa shape index (κ3) is 5.09. The molecule has 0 aromatic heterocycles. The van der Waals surface area contributed by atoms with Crippen molar-refractivity contribution in [2.24, 2.45) is 11.7 Å². The van der Waals surface area contributed by atoms with Crippen molar-refractivity contribution < 1.29 is 22.6 Å². The van der Waals surface area contributed by atoms with E-state index in [2.05, 4.69) is 4.90 Å². The standard InChI is InChI=1S/C14H27F3N2O2/c1-20-9-7-19(8-10-21-2)13(11-18)5-3-12(4-6-13)14(15,16)17/h12H,3-11,18H2,1-2H3. The summed E-state index contributed by atoms with van der Waals surface area (Å²) < 4.78 is 48.7. The number of ether oxygens (including phenoxy) is 2. The Morgan fingerprint density at radius 2 is 1.57 bits per heavy atom. The smallest absolute Gasteiger partial charge is 0.383 e. The van der Waals surface area contributed by atoms with E-state index in [1.165, 1.54) is 0 Å². The summed E-state index contributed by atoms with van der Waals surface area (Å²) in [5, 5.41) is 0. The van der Waals surface area contributed by atoms with Crippen molar-refractivity contribution in [2.45, 2.75) is 37.4 Å². The van der Waals surface area contributed by atoms with Crippen LogP contribution in [0.4, 0.5) is 13.2 Å². The summed E-state index contributed by atoms with van der Waals surface area (Å²) in [4.78, 5) is 2.15. The molecule has 0 aromatic carbocycles. The molecule has 0 amide bonds. The van der Waals surface area contributed by atoms with Gasteiger partial charge in [-0.2, -0.15) is 13.2 Å². The van der Waals surface area contributed by atoms with E-state index < -0.39 is 12.1 Å². The van der Waals surface area contributed by atoms with Crippen molar-refractivity contribution in [3.8, 4) is 0 Å². The fourth-order valence-electron chi connectivity index (χ4n) is 3.12. The van der Waals surface area contributed by atoms with Crippen molar-refractivity contribution in [1.29, 1.82) is 0 Å². The topological polar surface area (TPSA) is 47.7 Å². The number of hydrogen-bond acceptors (Lipinski definition) is 4. The van der Waals surface area contributed by atoms with Gasteiger partial charge in [0.05, 0.1) is 19.1 Å². The lowest BCUT2D eigenvalue weighted by molar-refractivity contribution is -0.188. The number of halogens is 3. The van der Waals surface area contributed by atoms with Crippen molar-refractivity contribution in [3.05, 3.63) is 0 Å². The van der Waals surface area contributed by atoms with E-state index in [9.17, 15) is 13.2 Å². The molecule has 0 heterocycles. The van der Waals surface area contributed by atoms with Crippen molar-refractivity contribution >= 4 is 0 Å². The van der Waals surface area contributed by atoms with Gasteiger partial charge in [-0.1, -0.05) is 0 Å². The SMILES string of the molecule is COCCN(CCOC)C1(CN)CCC(C(F)(F)F)CC1. The molecule has 21 heavy (non-hydrogen) atoms. The van der Waals surface area contributed by atoms with Crippen LogP contribution in [0.2, 0.25) is 0 Å². The summed E-state index contributed by atoms with van der Waals surface area (Å²) >= 11 is 0. The highest BCUT2D eigenvalue weighted by Crippen LogP contribution is 2.42. The summed E-state index contributed by atoms with van der Waals surface area (Å²) in [7, 11) is 3.23. The van der Waals surface area contributed by atoms with Gasteiger partial charge in [-0.15, -0.1) is 0 Å². The first-order valence-electron chi connectivity index (χ1n) is 7.39. The number of hydrogen-bond donors (Lipinski definition) is 1. The molecule has 1 saturated carbocycles. The minimum absolute atomic E-state index is 0.150. The third-order valence-corrected chi connectivity index (χ3v) is 4.56. The Morgan fingerprint density at radius 3 is 1.90 bits per heavy atom. The van der Waals surface area contributed by atoms with E-state index in [0.29, 0.717) is 45.7 Å². The van der Waals surface area contributed by atoms with Crippen molar-refractivity contribution in [2.75, 3.05) is 47.1 Å². The molecule has 0 aromatic rings. The first-order chi connectivity index (χ1) is 9.89. The second-order valence-corrected chi connectivity index (χ2v) is 5.72. The predicted octanol–water partition coefficient (Wildman–Crippen LogP) is 2.03. The quantitative estimate of drug-likeness (QED) is 0.745. The molecule has 0 bridgehead atoms. The molecule has 0 spiro atoms. The number of rotatable bonds is 8. The number of nitrogens with two attached hydrogens (primary N) is 1. The minimum Gasteiger partial charge on any atom is -0.383 e. The monoisotopic (exact) mass is 312 g/mol. The van der Waals surface area contributed by atoms with Gasteiger partial charge >= 0.3 is 6.18 Å². The Morgan fingerprint density at radius 1 is 1.10 bits per heavy atom. The molecule has 1 rings (SSSR count). The average Bonchev–Trinajstić information content (AvgIpc) is 2.46. The zero-order chi connectivity index (χ0) is 15.9. The molecule has 0 atom stereocenters. The van der Waals surface area contributed by atoms with Crippen LogP contribution in [-0.4, -0.2) is 63.7 Å². The van der Waals surface area contributed by atoms with Gasteiger partial charge in [-0.05, 0) is 25.7 Å². The van der Waals surface area contributed by atoms with Crippen LogP contribution in [0.25, 0.3) is 0 Å². The van der Waals surface area contributed by atoms with Gasteiger partial charge in [-0.25, -0.2) is 0 Å². The molecule has 0 saturated heterocycles. The van der Waals surface area contributed by atoms with Crippen LogP contribution in [0.3, 0.4) is 0 Å². The molecular weight excluding hydrogens is 285 g/mol. The van der Waals surface area contributed by atoms with Crippen LogP contribution in [0.1, 0.15) is 25.7 Å². The molecule has 2 N–H and O–H groups in total. The summed E-state index contributed by atoms with van der Waals surface area (Å²) in [6, 6.07) is 0. The van der Waals surface area contributed by atoms with Crippen LogP contribution in [0, 0.1) is 5.92 Å². The summed E-state index contributed by atoms with van der Waals surface area (Å²) in [6.07, 6.45) is -2.85. The molecule has 0 unspecified atom stereocenters. The number of nitrogens with zero attached hydrogens (tertiary/aromatic N) is 1. The molecule has 126 valence electrons. The second kappa shape index (κ2) is 8.31. The molecule has 0 aliphatic heterocycles. The second-order valence-electron chi connectivity index (χ2n) is 5.72. The minimum atomic E-state index is -4.09. The zero-order valence-electron chi connectivity index (χ0n) is 12.9. The van der Waals surface area contributed by atoms with Gasteiger partial charge in [0.25, 0.3) is 0 Å². The van der Waals surface area contributed by atoms with Gasteiger partial charge in [-0.3, -0.25) is 4.90 Å². The van der Waals surface area contributed by atoms with Gasteiger partial charge in [0, 0.05) is 39.4 Å². The Balaban J connectivity index is 2.72. The Hall–Kier alpha value is -0.370. The Labute approximate surface area is 124 Å². The highest BCUT2D eigenvalue weighted by Gasteiger charge is 2.47. The Kier molecular flexibility index (Phi) is 7.39. The van der Waals surface area contributed by atoms with Crippen LogP contribution < -0.4 is 5.73 Å². The van der Waals surface area contributed by atoms with E-state index in [4.69, 9.17) is 15.2 Å². The fraction of sp³-hybridized carbons (Fsp3) is 1.00. The van der Waals surface area contributed by atoms with Gasteiger partial charge in [0.15, 0.2) is 0 Å². The molecule has 1 fully saturated rings. The molecule has 1 aliphatic rings. The van der Waals surface area contributed by atoms with Crippen molar-refractivity contribution in [1.82, 2.24) is 4.90 Å². The highest BCUT2D eigenvalue weighted by atomic mass is 19.4. The first-order valence-corrected chi connectivity index (χ1v) is 7.39. The van der Waals surface area contributed by atoms with E-state index in [-0.39, 0.29) is 18.4 Å². The van der Waals surface area contributed by atoms with E-state index in [0.717, 1.165) is 0 Å². The number of alkyl halides is 3. The molecule has 7 heteroatoms. The lowest BCUT2D eigenvalue weighted by Gasteiger charge is -2.47. The first kappa shape index (κ1) is 18.7. The van der Waals surface area contributed by atoms with Crippen LogP contribution >= 0.6 is 0 Å². The van der Waals surface area contributed by atoms with Crippen LogP contribution in [0.15, 0.2) is 0 Å². The fourth-order valence-corrected chi connectivity index (χ4v) is 3.12. The van der Waals surface area contributed by atoms with E-state index in [1.807, 2.05) is 0 Å². The third-order valence-electron chi connectivity index (χ3n) is 4.56. The molecule has 0 radical (unpaired) electrons. The maximum atomic E-state index is 12.8. The van der Waals surface area contributed by atoms with Gasteiger partial charge in [0.2, 0.25) is 0 Å². The normalized spacial score (nSPS) is 27.3. The Bertz CT molecular complexity index is 284. The number of methoxy groups -OCH3 is 2. The molecular formula is C14H27F3N2O2. The predicted molar refractivity (Wildman–Crippen MR) is 75.1 cm³/mol. The lowest BCUT2D eigenvalue weighted by atomic mass is 9.75. The zero-order valence-corrected chi connectivity index (χ0v) is 12.9. The largest absolute Gasteiger partial charge is 0.391 e. The lowest BCUT2D eigenvalue weighted by Crippen LogP contribution is -2.58. The average molecular weight is 312 g/mol. The van der Waals surface area contributed by atoms with E-state index in [1.54, 1.807) is 14.2 Å². The van der Waals surface area contributed by atoms with Crippen molar-refractivity contribution in [3.63, 3.8) is 0 Å². The van der Waals surface area contributed by atoms with Crippen LogP contribution in [0.5, 0.6) is 0 Å². The summed E-state index contributed by atoms with van der Waals surface area (Å²) in [5.41, 5.74) is 5.57. The molecule has 4 nitrogen and oxygen atoms in total. The highest BCUT2D eigenvalue weighted by molar-refractivity contribution is 4.97. The van der Waals surface area contributed by atoms with Gasteiger partial charge in [0.1, 0.15) is 0 Å². The summed E-state index contributed by atoms with van der Waals surface area (Å²) in [6.45, 7) is 2.76. The van der Waals surface area contributed by atoms with Crippen LogP contribution in [-0.2, 0) is 9.47 Å². The molecule has 1 aliphatic carbocycles. The maximum Gasteiger partial charge on any atom is 0.391 e. The maximum absolute atomic E-state index is 12.8. The van der Waals surface area contributed by atoms with Gasteiger partial charge < -0.3 is 15.2 Å².